The molecule has 0 aliphatic carbocycles. The number of fused-ring (bicyclic) bond motifs is 1. The van der Waals surface area contributed by atoms with Crippen LogP contribution < -0.4 is 10.1 Å². The van der Waals surface area contributed by atoms with Crippen LogP contribution in [0.2, 0.25) is 0 Å². The molecule has 7 nitrogen and oxygen atoms in total. The minimum atomic E-state index is -0.365. The summed E-state index contributed by atoms with van der Waals surface area (Å²) >= 11 is 1.31. The maximum absolute atomic E-state index is 12.7. The topological polar surface area (TPSA) is 81.9 Å². The highest BCUT2D eigenvalue weighted by Gasteiger charge is 2.24. The monoisotopic (exact) mass is 497 g/mol. The van der Waals surface area contributed by atoms with E-state index < -0.39 is 0 Å². The predicted octanol–water partition coefficient (Wildman–Crippen LogP) is 5.38. The fourth-order valence-corrected chi connectivity index (χ4v) is 4.86. The molecule has 1 aliphatic rings. The molecule has 0 spiro atoms. The number of carbonyl (C=O) groups is 2. The summed E-state index contributed by atoms with van der Waals surface area (Å²) in [5.41, 5.74) is 4.17. The maximum Gasteiger partial charge on any atom is 0.337 e. The summed E-state index contributed by atoms with van der Waals surface area (Å²) in [6.45, 7) is 0.567. The first-order valence-corrected chi connectivity index (χ1v) is 12.0. The number of thioether (sulfide) groups is 1. The molecule has 180 valence electrons. The number of benzene rings is 3. The molecule has 1 saturated heterocycles. The highest BCUT2D eigenvalue weighted by atomic mass is 32.2. The molecule has 1 N–H and O–H groups in total. The molecule has 1 amide bonds. The van der Waals surface area contributed by atoms with Crippen molar-refractivity contribution in [1.29, 1.82) is 0 Å². The van der Waals surface area contributed by atoms with Crippen LogP contribution in [-0.2, 0) is 16.1 Å². The van der Waals surface area contributed by atoms with Crippen molar-refractivity contribution in [2.24, 2.45) is 4.99 Å². The zero-order valence-electron chi connectivity index (χ0n) is 19.7. The van der Waals surface area contributed by atoms with E-state index >= 15 is 0 Å². The van der Waals surface area contributed by atoms with Crippen LogP contribution >= 0.6 is 11.8 Å². The van der Waals surface area contributed by atoms with Gasteiger partial charge in [0.05, 0.1) is 30.4 Å². The molecule has 1 fully saturated rings. The highest BCUT2D eigenvalue weighted by Crippen LogP contribution is 2.31. The third kappa shape index (κ3) is 4.89. The molecule has 1 aliphatic heterocycles. The number of carbonyl (C=O) groups excluding carboxylic acids is 2. The first kappa shape index (κ1) is 23.4. The first-order valence-electron chi connectivity index (χ1n) is 11.2. The number of amides is 1. The summed E-state index contributed by atoms with van der Waals surface area (Å²) < 4.78 is 12.1. The Morgan fingerprint density at radius 2 is 1.86 bits per heavy atom. The van der Waals surface area contributed by atoms with Crippen LogP contribution in [0.5, 0.6) is 5.75 Å². The average molecular weight is 498 g/mol. The number of methoxy groups -OCH3 is 2. The minimum Gasteiger partial charge on any atom is -0.497 e. The highest BCUT2D eigenvalue weighted by molar-refractivity contribution is 8.18. The van der Waals surface area contributed by atoms with Crippen molar-refractivity contribution in [2.45, 2.75) is 6.54 Å². The van der Waals surface area contributed by atoms with Crippen LogP contribution in [0.25, 0.3) is 17.0 Å². The van der Waals surface area contributed by atoms with Crippen LogP contribution in [0, 0.1) is 0 Å². The molecule has 0 atom stereocenters. The SMILES string of the molecule is COC(=O)c1cccc(Cn2cc(/C=C3\SC(=Nc4ccc(OC)cc4)NC3=O)c3ccccc32)c1. The van der Waals surface area contributed by atoms with Gasteiger partial charge < -0.3 is 19.4 Å². The number of nitrogens with zero attached hydrogens (tertiary/aromatic N) is 2. The molecule has 1 aromatic heterocycles. The zero-order valence-corrected chi connectivity index (χ0v) is 20.5. The Hall–Kier alpha value is -4.30. The van der Waals surface area contributed by atoms with Crippen LogP contribution in [0.15, 0.2) is 88.9 Å². The van der Waals surface area contributed by atoms with Crippen molar-refractivity contribution >= 4 is 51.5 Å². The lowest BCUT2D eigenvalue weighted by Crippen LogP contribution is -2.19. The normalized spacial score (nSPS) is 15.4. The summed E-state index contributed by atoms with van der Waals surface area (Å²) in [6, 6.07) is 22.8. The Kier molecular flexibility index (Phi) is 6.60. The lowest BCUT2D eigenvalue weighted by Gasteiger charge is -2.07. The van der Waals surface area contributed by atoms with Crippen molar-refractivity contribution in [1.82, 2.24) is 9.88 Å². The first-order chi connectivity index (χ1) is 17.5. The zero-order chi connectivity index (χ0) is 25.1. The largest absolute Gasteiger partial charge is 0.497 e. The number of hydrogen-bond acceptors (Lipinski definition) is 6. The number of hydrogen-bond donors (Lipinski definition) is 1. The molecule has 0 radical (unpaired) electrons. The Morgan fingerprint density at radius 1 is 1.06 bits per heavy atom. The van der Waals surface area contributed by atoms with Crippen LogP contribution in [0.3, 0.4) is 0 Å². The van der Waals surface area contributed by atoms with Gasteiger partial charge in [-0.3, -0.25) is 4.79 Å². The molecule has 4 aromatic rings. The van der Waals surface area contributed by atoms with E-state index in [4.69, 9.17) is 9.47 Å². The quantitative estimate of drug-likeness (QED) is 0.286. The van der Waals surface area contributed by atoms with Gasteiger partial charge in [0.1, 0.15) is 5.75 Å². The van der Waals surface area contributed by atoms with E-state index in [1.165, 1.54) is 18.9 Å². The molecular formula is C28H23N3O4S. The van der Waals surface area contributed by atoms with Gasteiger partial charge >= 0.3 is 5.97 Å². The van der Waals surface area contributed by atoms with Gasteiger partial charge in [0.25, 0.3) is 5.91 Å². The van der Waals surface area contributed by atoms with Crippen molar-refractivity contribution in [3.05, 3.63) is 101 Å². The Morgan fingerprint density at radius 3 is 2.64 bits per heavy atom. The number of esters is 1. The molecule has 0 bridgehead atoms. The summed E-state index contributed by atoms with van der Waals surface area (Å²) in [5.74, 6) is 0.196. The van der Waals surface area contributed by atoms with Crippen LogP contribution in [0.4, 0.5) is 5.69 Å². The second kappa shape index (κ2) is 10.1. The van der Waals surface area contributed by atoms with E-state index in [-0.39, 0.29) is 11.9 Å². The van der Waals surface area contributed by atoms with Crippen molar-refractivity contribution in [3.63, 3.8) is 0 Å². The van der Waals surface area contributed by atoms with E-state index in [0.717, 1.165) is 33.5 Å². The Balaban J connectivity index is 1.43. The summed E-state index contributed by atoms with van der Waals surface area (Å²) in [6.07, 6.45) is 3.91. The molecule has 36 heavy (non-hydrogen) atoms. The van der Waals surface area contributed by atoms with E-state index in [9.17, 15) is 9.59 Å². The standard InChI is InChI=1S/C28H23N3O4S/c1-34-22-12-10-21(11-13-22)29-28-30-26(32)25(36-28)15-20-17-31(24-9-4-3-8-23(20)24)16-18-6-5-7-19(14-18)27(33)35-2/h3-15,17H,16H2,1-2H3,(H,29,30,32)/b25-15-. The van der Waals surface area contributed by atoms with Gasteiger partial charge in [0.15, 0.2) is 5.17 Å². The lowest BCUT2D eigenvalue weighted by molar-refractivity contribution is -0.115. The minimum absolute atomic E-state index is 0.185. The maximum atomic E-state index is 12.7. The average Bonchev–Trinajstić information content (AvgIpc) is 3.43. The Labute approximate surface area is 212 Å². The smallest absolute Gasteiger partial charge is 0.337 e. The molecule has 3 aromatic carbocycles. The van der Waals surface area contributed by atoms with Crippen molar-refractivity contribution < 1.29 is 19.1 Å². The lowest BCUT2D eigenvalue weighted by atomic mass is 10.1. The number of ether oxygens (including phenoxy) is 2. The fourth-order valence-electron chi connectivity index (χ4n) is 4.03. The second-order valence-electron chi connectivity index (χ2n) is 8.10. The fraction of sp³-hybridized carbons (Fsp3) is 0.107. The van der Waals surface area contributed by atoms with Gasteiger partial charge in [0.2, 0.25) is 0 Å². The van der Waals surface area contributed by atoms with E-state index in [0.29, 0.717) is 22.2 Å². The van der Waals surface area contributed by atoms with Gasteiger partial charge in [-0.15, -0.1) is 0 Å². The van der Waals surface area contributed by atoms with Crippen molar-refractivity contribution in [2.75, 3.05) is 14.2 Å². The number of rotatable bonds is 6. The van der Waals surface area contributed by atoms with E-state index in [1.54, 1.807) is 13.2 Å². The van der Waals surface area contributed by atoms with Gasteiger partial charge in [-0.1, -0.05) is 30.3 Å². The van der Waals surface area contributed by atoms with Gasteiger partial charge in [-0.05, 0) is 65.9 Å². The van der Waals surface area contributed by atoms with Gasteiger partial charge in [0, 0.05) is 29.2 Å². The third-order valence-electron chi connectivity index (χ3n) is 5.76. The molecule has 0 unspecified atom stereocenters. The molecule has 2 heterocycles. The number of aromatic nitrogens is 1. The summed E-state index contributed by atoms with van der Waals surface area (Å²) in [7, 11) is 2.99. The van der Waals surface area contributed by atoms with E-state index in [2.05, 4.69) is 14.9 Å². The van der Waals surface area contributed by atoms with Crippen molar-refractivity contribution in [3.8, 4) is 5.75 Å². The molecular weight excluding hydrogens is 474 g/mol. The molecule has 8 heteroatoms. The second-order valence-corrected chi connectivity index (χ2v) is 9.13. The summed E-state index contributed by atoms with van der Waals surface area (Å²) in [4.78, 5) is 29.7. The van der Waals surface area contributed by atoms with E-state index in [1.807, 2.05) is 79.0 Å². The molecule has 0 saturated carbocycles. The summed E-state index contributed by atoms with van der Waals surface area (Å²) in [5, 5.41) is 4.40. The number of nitrogens with one attached hydrogen (secondary N) is 1. The molecule has 5 rings (SSSR count). The van der Waals surface area contributed by atoms with Gasteiger partial charge in [-0.2, -0.15) is 0 Å². The Bertz CT molecular complexity index is 1520. The number of amidine groups is 1. The predicted molar refractivity (Wildman–Crippen MR) is 143 cm³/mol. The van der Waals surface area contributed by atoms with Gasteiger partial charge in [-0.25, -0.2) is 9.79 Å². The van der Waals surface area contributed by atoms with Crippen LogP contribution in [-0.4, -0.2) is 35.8 Å². The third-order valence-corrected chi connectivity index (χ3v) is 6.67. The number of aliphatic imine (C=N–C) groups is 1. The number of para-hydroxylation sites is 1. The van der Waals surface area contributed by atoms with Crippen LogP contribution in [0.1, 0.15) is 21.5 Å².